The van der Waals surface area contributed by atoms with Gasteiger partial charge in [0.15, 0.2) is 0 Å². The van der Waals surface area contributed by atoms with E-state index in [0.29, 0.717) is 25.1 Å². The zero-order valence-corrected chi connectivity index (χ0v) is 25.4. The Bertz CT molecular complexity index is 1380. The number of hydrogen-bond donors (Lipinski definition) is 3. The monoisotopic (exact) mass is 612 g/mol. The van der Waals surface area contributed by atoms with Gasteiger partial charge < -0.3 is 30.3 Å². The Morgan fingerprint density at radius 2 is 1.84 bits per heavy atom. The number of ether oxygens (including phenoxy) is 2. The number of carbonyl (C=O) groups is 5. The van der Waals surface area contributed by atoms with Crippen molar-refractivity contribution in [2.75, 3.05) is 11.9 Å². The first-order valence-corrected chi connectivity index (χ1v) is 14.6. The van der Waals surface area contributed by atoms with Gasteiger partial charge in [-0.05, 0) is 43.5 Å². The molecule has 11 nitrogen and oxygen atoms in total. The molecule has 230 valence electrons. The number of hydrogen-bond acceptors (Lipinski definition) is 7. The molecule has 3 N–H and O–H groups in total. The van der Waals surface area contributed by atoms with E-state index in [1.807, 2.05) is 30.3 Å². The van der Waals surface area contributed by atoms with Gasteiger partial charge in [0.05, 0.1) is 23.7 Å². The summed E-state index contributed by atoms with van der Waals surface area (Å²) in [6, 6.07) is 11.4. The molecular formula is C31H37ClN4O7. The molecule has 0 saturated carbocycles. The van der Waals surface area contributed by atoms with Gasteiger partial charge in [0.1, 0.15) is 18.1 Å². The van der Waals surface area contributed by atoms with Crippen molar-refractivity contribution in [2.45, 2.75) is 78.0 Å². The van der Waals surface area contributed by atoms with E-state index >= 15 is 0 Å². The number of cyclic esters (lactones) is 1. The van der Waals surface area contributed by atoms with Crippen LogP contribution >= 0.6 is 11.6 Å². The number of anilines is 1. The van der Waals surface area contributed by atoms with Gasteiger partial charge in [-0.3, -0.25) is 24.0 Å². The Hall–Kier alpha value is -3.96. The number of amides is 4. The van der Waals surface area contributed by atoms with Gasteiger partial charge in [-0.1, -0.05) is 62.7 Å². The fourth-order valence-electron chi connectivity index (χ4n) is 4.80. The molecular weight excluding hydrogens is 576 g/mol. The molecule has 0 aromatic heterocycles. The van der Waals surface area contributed by atoms with Crippen molar-refractivity contribution in [1.82, 2.24) is 15.5 Å². The molecule has 0 spiro atoms. The molecule has 2 aliphatic heterocycles. The highest BCUT2D eigenvalue weighted by molar-refractivity contribution is 6.34. The minimum absolute atomic E-state index is 0.0421. The predicted molar refractivity (Wildman–Crippen MR) is 159 cm³/mol. The second kappa shape index (κ2) is 13.6. The lowest BCUT2D eigenvalue weighted by Gasteiger charge is -2.28. The lowest BCUT2D eigenvalue weighted by Crippen LogP contribution is -2.54. The lowest BCUT2D eigenvalue weighted by molar-refractivity contribution is -0.168. The molecule has 2 heterocycles. The molecule has 0 bridgehead atoms. The fraction of sp³-hybridized carbons (Fsp3) is 0.452. The van der Waals surface area contributed by atoms with E-state index in [1.165, 1.54) is 23.1 Å². The third-order valence-electron chi connectivity index (χ3n) is 7.26. The average molecular weight is 613 g/mol. The van der Waals surface area contributed by atoms with Gasteiger partial charge in [0, 0.05) is 17.5 Å². The van der Waals surface area contributed by atoms with Crippen molar-refractivity contribution in [3.8, 4) is 0 Å². The second-order valence-electron chi connectivity index (χ2n) is 11.8. The highest BCUT2D eigenvalue weighted by Crippen LogP contribution is 2.26. The van der Waals surface area contributed by atoms with E-state index in [1.54, 1.807) is 27.7 Å². The first-order valence-electron chi connectivity index (χ1n) is 14.2. The highest BCUT2D eigenvalue weighted by Gasteiger charge is 2.41. The van der Waals surface area contributed by atoms with Gasteiger partial charge in [-0.2, -0.15) is 0 Å². The zero-order chi connectivity index (χ0) is 31.3. The van der Waals surface area contributed by atoms with Crippen molar-refractivity contribution in [2.24, 2.45) is 5.41 Å². The largest absolute Gasteiger partial charge is 0.433 e. The van der Waals surface area contributed by atoms with E-state index < -0.39 is 53.5 Å². The average Bonchev–Trinajstić information content (AvgIpc) is 3.59. The van der Waals surface area contributed by atoms with Crippen LogP contribution in [0.5, 0.6) is 0 Å². The number of nitrogens with zero attached hydrogens (tertiary/aromatic N) is 1. The summed E-state index contributed by atoms with van der Waals surface area (Å²) in [7, 11) is 0. The van der Waals surface area contributed by atoms with E-state index in [0.717, 1.165) is 5.56 Å². The van der Waals surface area contributed by atoms with E-state index in [4.69, 9.17) is 21.1 Å². The molecule has 0 radical (unpaired) electrons. The minimum Gasteiger partial charge on any atom is -0.433 e. The van der Waals surface area contributed by atoms with E-state index in [2.05, 4.69) is 16.0 Å². The number of halogens is 1. The summed E-state index contributed by atoms with van der Waals surface area (Å²) >= 11 is 6.31. The van der Waals surface area contributed by atoms with Gasteiger partial charge in [-0.15, -0.1) is 0 Å². The van der Waals surface area contributed by atoms with E-state index in [-0.39, 0.29) is 29.5 Å². The summed E-state index contributed by atoms with van der Waals surface area (Å²) in [5.41, 5.74) is 0.848. The predicted octanol–water partition coefficient (Wildman–Crippen LogP) is 3.41. The molecule has 2 unspecified atom stereocenters. The lowest BCUT2D eigenvalue weighted by atomic mass is 9.95. The van der Waals surface area contributed by atoms with Gasteiger partial charge in [0.2, 0.25) is 24.0 Å². The molecule has 2 saturated heterocycles. The van der Waals surface area contributed by atoms with Gasteiger partial charge in [0.25, 0.3) is 5.91 Å². The van der Waals surface area contributed by atoms with Crippen molar-refractivity contribution < 1.29 is 33.4 Å². The number of nitrogens with one attached hydrogen (secondary N) is 3. The molecule has 4 atom stereocenters. The molecule has 2 aromatic rings. The minimum atomic E-state index is -0.944. The Morgan fingerprint density at radius 3 is 2.51 bits per heavy atom. The van der Waals surface area contributed by atoms with Crippen molar-refractivity contribution in [1.29, 1.82) is 0 Å². The summed E-state index contributed by atoms with van der Waals surface area (Å²) in [6.45, 7) is 7.41. The number of carbonyl (C=O) groups excluding carboxylic acids is 5. The van der Waals surface area contributed by atoms with Crippen molar-refractivity contribution in [3.05, 3.63) is 64.7 Å². The van der Waals surface area contributed by atoms with Gasteiger partial charge >= 0.3 is 5.97 Å². The van der Waals surface area contributed by atoms with Crippen LogP contribution in [0.25, 0.3) is 0 Å². The molecule has 0 aliphatic carbocycles. The topological polar surface area (TPSA) is 143 Å². The first-order chi connectivity index (χ1) is 20.3. The molecule has 43 heavy (non-hydrogen) atoms. The van der Waals surface area contributed by atoms with Crippen LogP contribution in [0.1, 0.15) is 62.9 Å². The number of rotatable bonds is 9. The van der Waals surface area contributed by atoms with Crippen LogP contribution in [0.3, 0.4) is 0 Å². The second-order valence-corrected chi connectivity index (χ2v) is 12.2. The SMILES string of the molecule is C[C@H](NC(=O)c1ccc(NC(=O)C(C)(C)C)c(Cl)c1)C(=O)N1CCC[C@H]1C(=O)NC1CC(=O)OC1OCc1ccccc1. The smallest absolute Gasteiger partial charge is 0.310 e. The van der Waals surface area contributed by atoms with Crippen LogP contribution < -0.4 is 16.0 Å². The standard InChI is InChI=1S/C31H37ClN4O7/c1-18(33-26(38)20-12-13-22(21(32)15-20)35-30(41)31(2,3)4)28(40)36-14-8-11-24(36)27(39)34-23-16-25(37)43-29(23)42-17-19-9-6-5-7-10-19/h5-7,9-10,12-13,15,18,23-24,29H,8,11,14,16-17H2,1-4H3,(H,33,38)(H,34,39)(H,35,41)/t18-,23?,24-,29?/m0/s1. The van der Waals surface area contributed by atoms with Crippen LogP contribution in [-0.2, 0) is 35.3 Å². The quantitative estimate of drug-likeness (QED) is 0.368. The van der Waals surface area contributed by atoms with E-state index in [9.17, 15) is 24.0 Å². The summed E-state index contributed by atoms with van der Waals surface area (Å²) in [5.74, 6) is -2.07. The van der Waals surface area contributed by atoms with Crippen LogP contribution in [-0.4, -0.2) is 65.5 Å². The number of benzene rings is 2. The Balaban J connectivity index is 1.33. The molecule has 2 fully saturated rings. The third-order valence-corrected chi connectivity index (χ3v) is 7.58. The zero-order valence-electron chi connectivity index (χ0n) is 24.6. The van der Waals surface area contributed by atoms with Crippen LogP contribution in [0.2, 0.25) is 5.02 Å². The molecule has 2 aliphatic rings. The summed E-state index contributed by atoms with van der Waals surface area (Å²) < 4.78 is 11.0. The molecule has 2 aromatic carbocycles. The molecule has 12 heteroatoms. The normalized spacial score (nSPS) is 20.7. The maximum Gasteiger partial charge on any atom is 0.310 e. The Labute approximate surface area is 255 Å². The summed E-state index contributed by atoms with van der Waals surface area (Å²) in [4.78, 5) is 65.2. The Morgan fingerprint density at radius 1 is 1.12 bits per heavy atom. The highest BCUT2D eigenvalue weighted by atomic mass is 35.5. The molecule has 4 rings (SSSR count). The van der Waals surface area contributed by atoms with Crippen molar-refractivity contribution in [3.63, 3.8) is 0 Å². The van der Waals surface area contributed by atoms with Gasteiger partial charge in [-0.25, -0.2) is 0 Å². The number of esters is 1. The maximum atomic E-state index is 13.3. The van der Waals surface area contributed by atoms with Crippen LogP contribution in [0.15, 0.2) is 48.5 Å². The Kier molecular flexibility index (Phi) is 10.1. The third kappa shape index (κ3) is 8.11. The van der Waals surface area contributed by atoms with Crippen LogP contribution in [0.4, 0.5) is 5.69 Å². The first kappa shape index (κ1) is 32.0. The summed E-state index contributed by atoms with van der Waals surface area (Å²) in [6.07, 6.45) is 0.0580. The molecule has 4 amide bonds. The fourth-order valence-corrected chi connectivity index (χ4v) is 5.03. The van der Waals surface area contributed by atoms with Crippen LogP contribution in [0, 0.1) is 5.41 Å². The summed E-state index contributed by atoms with van der Waals surface area (Å²) in [5, 5.41) is 8.42. The van der Waals surface area contributed by atoms with Crippen molar-refractivity contribution >= 4 is 46.9 Å². The maximum absolute atomic E-state index is 13.3. The number of likely N-dealkylation sites (tertiary alicyclic amines) is 1.